The molecule has 0 saturated heterocycles. The van der Waals surface area contributed by atoms with Gasteiger partial charge in [-0.25, -0.2) is 9.78 Å². The number of anilines is 1. The summed E-state index contributed by atoms with van der Waals surface area (Å²) in [7, 11) is 1.26. The number of hydrogen-bond donors (Lipinski definition) is 1. The van der Waals surface area contributed by atoms with Crippen molar-refractivity contribution < 1.29 is 14.3 Å². The van der Waals surface area contributed by atoms with E-state index in [0.29, 0.717) is 19.9 Å². The van der Waals surface area contributed by atoms with Gasteiger partial charge in [0.2, 0.25) is 5.91 Å². The minimum atomic E-state index is -0.569. The van der Waals surface area contributed by atoms with Crippen LogP contribution >= 0.6 is 57.5 Å². The second-order valence-electron chi connectivity index (χ2n) is 5.24. The van der Waals surface area contributed by atoms with Crippen LogP contribution in [0.3, 0.4) is 0 Å². The standard InChI is InChI=1S/C17H11Cl3N2O3S2/c1-25-17(24)15-16(21-7-26-15)22-13(23)6-9-10(18)3-2-8(14(9)20)11-4-5-12(19)27-11/h2-5,7H,6H2,1H3,(H,22,23). The molecule has 0 atom stereocenters. The van der Waals surface area contributed by atoms with Gasteiger partial charge in [0.05, 0.1) is 28.4 Å². The number of methoxy groups -OCH3 is 1. The summed E-state index contributed by atoms with van der Waals surface area (Å²) in [5.74, 6) is -0.832. The van der Waals surface area contributed by atoms with Crippen molar-refractivity contribution in [3.05, 3.63) is 54.6 Å². The summed E-state index contributed by atoms with van der Waals surface area (Å²) in [6.45, 7) is 0. The second kappa shape index (κ2) is 8.58. The first kappa shape index (κ1) is 20.1. The van der Waals surface area contributed by atoms with Crippen LogP contribution in [0.4, 0.5) is 5.82 Å². The Balaban J connectivity index is 1.84. The van der Waals surface area contributed by atoms with Crippen molar-refractivity contribution in [3.63, 3.8) is 0 Å². The van der Waals surface area contributed by atoms with E-state index in [4.69, 9.17) is 34.8 Å². The molecule has 3 aromatic rings. The summed E-state index contributed by atoms with van der Waals surface area (Å²) in [6.07, 6.45) is -0.0806. The Morgan fingerprint density at radius 3 is 2.63 bits per heavy atom. The van der Waals surface area contributed by atoms with Crippen LogP contribution in [0.5, 0.6) is 0 Å². The molecule has 0 aliphatic carbocycles. The van der Waals surface area contributed by atoms with Crippen LogP contribution in [-0.2, 0) is 16.0 Å². The minimum absolute atomic E-state index is 0.0806. The number of halogens is 3. The third-order valence-electron chi connectivity index (χ3n) is 3.56. The van der Waals surface area contributed by atoms with Crippen molar-refractivity contribution >= 4 is 75.2 Å². The summed E-state index contributed by atoms with van der Waals surface area (Å²) in [5.41, 5.74) is 2.67. The predicted molar refractivity (Wildman–Crippen MR) is 111 cm³/mol. The highest BCUT2D eigenvalue weighted by Crippen LogP contribution is 2.39. The molecule has 2 heterocycles. The Hall–Kier alpha value is -1.64. The van der Waals surface area contributed by atoms with Crippen LogP contribution in [0.2, 0.25) is 14.4 Å². The number of esters is 1. The van der Waals surface area contributed by atoms with Crippen molar-refractivity contribution in [2.45, 2.75) is 6.42 Å². The predicted octanol–water partition coefficient (Wildman–Crippen LogP) is 5.80. The molecule has 2 aromatic heterocycles. The zero-order valence-electron chi connectivity index (χ0n) is 13.7. The zero-order valence-corrected chi connectivity index (χ0v) is 17.6. The lowest BCUT2D eigenvalue weighted by atomic mass is 10.1. The Kier molecular flexibility index (Phi) is 6.39. The van der Waals surface area contributed by atoms with Gasteiger partial charge < -0.3 is 10.1 Å². The Morgan fingerprint density at radius 2 is 1.96 bits per heavy atom. The zero-order chi connectivity index (χ0) is 19.6. The van der Waals surface area contributed by atoms with Gasteiger partial charge in [-0.05, 0) is 23.8 Å². The fourth-order valence-corrected chi connectivity index (χ4v) is 4.71. The van der Waals surface area contributed by atoms with Gasteiger partial charge in [0, 0.05) is 15.5 Å². The summed E-state index contributed by atoms with van der Waals surface area (Å²) in [4.78, 5) is 29.2. The molecule has 140 valence electrons. The molecule has 0 radical (unpaired) electrons. The molecule has 0 aliphatic rings. The van der Waals surface area contributed by atoms with Crippen molar-refractivity contribution in [2.24, 2.45) is 0 Å². The van der Waals surface area contributed by atoms with Gasteiger partial charge in [-0.1, -0.05) is 40.9 Å². The quantitative estimate of drug-likeness (QED) is 0.488. The van der Waals surface area contributed by atoms with Gasteiger partial charge >= 0.3 is 5.97 Å². The maximum Gasteiger partial charge on any atom is 0.351 e. The number of carbonyl (C=O) groups is 2. The van der Waals surface area contributed by atoms with E-state index < -0.39 is 11.9 Å². The monoisotopic (exact) mass is 460 g/mol. The van der Waals surface area contributed by atoms with Crippen LogP contribution in [0.25, 0.3) is 10.4 Å². The molecule has 1 amide bonds. The lowest BCUT2D eigenvalue weighted by molar-refractivity contribution is -0.115. The van der Waals surface area contributed by atoms with Crippen molar-refractivity contribution in [3.8, 4) is 10.4 Å². The van der Waals surface area contributed by atoms with E-state index in [1.165, 1.54) is 24.0 Å². The van der Waals surface area contributed by atoms with Crippen LogP contribution in [-0.4, -0.2) is 24.0 Å². The van der Waals surface area contributed by atoms with E-state index in [1.807, 2.05) is 6.07 Å². The highest BCUT2D eigenvalue weighted by Gasteiger charge is 2.20. The number of nitrogens with zero attached hydrogens (tertiary/aromatic N) is 1. The molecular formula is C17H11Cl3N2O3S2. The van der Waals surface area contributed by atoms with Crippen LogP contribution in [0, 0.1) is 0 Å². The molecule has 0 spiro atoms. The van der Waals surface area contributed by atoms with E-state index in [-0.39, 0.29) is 17.1 Å². The van der Waals surface area contributed by atoms with Gasteiger partial charge in [0.25, 0.3) is 0 Å². The number of aromatic nitrogens is 1. The number of ether oxygens (including phenoxy) is 1. The lowest BCUT2D eigenvalue weighted by Gasteiger charge is -2.11. The number of benzene rings is 1. The molecular weight excluding hydrogens is 451 g/mol. The minimum Gasteiger partial charge on any atom is -0.465 e. The SMILES string of the molecule is COC(=O)c1scnc1NC(=O)Cc1c(Cl)ccc(-c2ccc(Cl)s2)c1Cl. The van der Waals surface area contributed by atoms with Crippen molar-refractivity contribution in [1.29, 1.82) is 0 Å². The number of thiophene rings is 1. The van der Waals surface area contributed by atoms with E-state index in [1.54, 1.807) is 18.2 Å². The van der Waals surface area contributed by atoms with E-state index in [2.05, 4.69) is 15.0 Å². The molecule has 5 nitrogen and oxygen atoms in total. The molecule has 10 heteroatoms. The molecule has 27 heavy (non-hydrogen) atoms. The first-order valence-corrected chi connectivity index (χ1v) is 10.3. The number of carbonyl (C=O) groups excluding carboxylic acids is 2. The van der Waals surface area contributed by atoms with E-state index >= 15 is 0 Å². The number of hydrogen-bond acceptors (Lipinski definition) is 6. The molecule has 0 unspecified atom stereocenters. The Labute approximate surface area is 177 Å². The topological polar surface area (TPSA) is 68.3 Å². The van der Waals surface area contributed by atoms with Gasteiger partial charge in [0.15, 0.2) is 10.7 Å². The average molecular weight is 462 g/mol. The first-order chi connectivity index (χ1) is 12.9. The molecule has 0 bridgehead atoms. The van der Waals surface area contributed by atoms with Gasteiger partial charge in [-0.15, -0.1) is 22.7 Å². The van der Waals surface area contributed by atoms with Crippen molar-refractivity contribution in [1.82, 2.24) is 4.98 Å². The average Bonchev–Trinajstić information content (AvgIpc) is 3.27. The smallest absolute Gasteiger partial charge is 0.351 e. The maximum absolute atomic E-state index is 12.5. The largest absolute Gasteiger partial charge is 0.465 e. The molecule has 0 saturated carbocycles. The first-order valence-electron chi connectivity index (χ1n) is 7.45. The van der Waals surface area contributed by atoms with Crippen LogP contribution in [0.1, 0.15) is 15.2 Å². The number of amides is 1. The lowest BCUT2D eigenvalue weighted by Crippen LogP contribution is -2.17. The molecule has 1 aromatic carbocycles. The van der Waals surface area contributed by atoms with Gasteiger partial charge in [-0.2, -0.15) is 0 Å². The van der Waals surface area contributed by atoms with Gasteiger partial charge in [-0.3, -0.25) is 4.79 Å². The molecule has 3 rings (SSSR count). The van der Waals surface area contributed by atoms with E-state index in [0.717, 1.165) is 21.8 Å². The summed E-state index contributed by atoms with van der Waals surface area (Å²) >= 11 is 21.2. The highest BCUT2D eigenvalue weighted by atomic mass is 35.5. The summed E-state index contributed by atoms with van der Waals surface area (Å²) in [5, 5.41) is 3.34. The molecule has 0 fully saturated rings. The van der Waals surface area contributed by atoms with E-state index in [9.17, 15) is 9.59 Å². The maximum atomic E-state index is 12.5. The fourth-order valence-electron chi connectivity index (χ4n) is 2.32. The highest BCUT2D eigenvalue weighted by molar-refractivity contribution is 7.19. The Morgan fingerprint density at radius 1 is 1.19 bits per heavy atom. The van der Waals surface area contributed by atoms with Crippen LogP contribution < -0.4 is 5.32 Å². The normalized spacial score (nSPS) is 10.7. The van der Waals surface area contributed by atoms with Gasteiger partial charge in [0.1, 0.15) is 0 Å². The number of thiazole rings is 1. The van der Waals surface area contributed by atoms with Crippen LogP contribution in [0.15, 0.2) is 29.8 Å². The fraction of sp³-hybridized carbons (Fsp3) is 0.118. The summed E-state index contributed by atoms with van der Waals surface area (Å²) in [6, 6.07) is 7.09. The molecule has 0 aliphatic heterocycles. The number of rotatable bonds is 5. The molecule has 1 N–H and O–H groups in total. The second-order valence-corrected chi connectivity index (χ2v) is 8.59. The summed E-state index contributed by atoms with van der Waals surface area (Å²) < 4.78 is 5.30. The number of nitrogens with one attached hydrogen (secondary N) is 1. The third kappa shape index (κ3) is 4.44. The third-order valence-corrected chi connectivity index (χ3v) is 6.41. The Bertz CT molecular complexity index is 1020. The van der Waals surface area contributed by atoms with Crippen molar-refractivity contribution in [2.75, 3.05) is 12.4 Å².